The second-order valence-corrected chi connectivity index (χ2v) is 6.39. The molecular weight excluding hydrogens is 244 g/mol. The maximum atomic E-state index is 3.73. The largest absolute Gasteiger partial charge is 0.309 e. The molecule has 2 aliphatic rings. The van der Waals surface area contributed by atoms with Gasteiger partial charge in [-0.1, -0.05) is 44.5 Å². The van der Waals surface area contributed by atoms with Crippen molar-refractivity contribution in [1.82, 2.24) is 10.2 Å². The van der Waals surface area contributed by atoms with Crippen LogP contribution in [0.25, 0.3) is 0 Å². The van der Waals surface area contributed by atoms with Crippen molar-refractivity contribution in [2.45, 2.75) is 51.6 Å². The molecule has 0 bridgehead atoms. The van der Waals surface area contributed by atoms with Gasteiger partial charge < -0.3 is 5.32 Å². The quantitative estimate of drug-likeness (QED) is 0.904. The molecule has 1 aromatic rings. The zero-order chi connectivity index (χ0) is 13.9. The number of nitrogens with zero attached hydrogens (tertiary/aromatic N) is 1. The molecule has 20 heavy (non-hydrogen) atoms. The molecule has 1 fully saturated rings. The highest BCUT2D eigenvalue weighted by atomic mass is 15.2. The first-order chi connectivity index (χ1) is 9.83. The third-order valence-corrected chi connectivity index (χ3v) is 5.32. The van der Waals surface area contributed by atoms with E-state index in [1.54, 1.807) is 5.56 Å². The Morgan fingerprint density at radius 2 is 1.90 bits per heavy atom. The lowest BCUT2D eigenvalue weighted by Gasteiger charge is -2.38. The van der Waals surface area contributed by atoms with Gasteiger partial charge in [0.1, 0.15) is 0 Å². The van der Waals surface area contributed by atoms with Crippen molar-refractivity contribution in [3.63, 3.8) is 0 Å². The van der Waals surface area contributed by atoms with E-state index >= 15 is 0 Å². The molecule has 3 rings (SSSR count). The number of likely N-dealkylation sites (N-methyl/N-ethyl adjacent to an activating group) is 1. The minimum Gasteiger partial charge on any atom is -0.309 e. The molecule has 0 spiro atoms. The van der Waals surface area contributed by atoms with Crippen LogP contribution in [0, 0.1) is 5.92 Å². The number of fused-ring (bicyclic) bond motifs is 1. The van der Waals surface area contributed by atoms with Gasteiger partial charge in [0.25, 0.3) is 0 Å². The Labute approximate surface area is 123 Å². The van der Waals surface area contributed by atoms with Crippen LogP contribution in [0.1, 0.15) is 50.3 Å². The third kappa shape index (κ3) is 2.64. The molecule has 0 saturated carbocycles. The number of nitrogens with one attached hydrogen (secondary N) is 1. The molecule has 1 N–H and O–H groups in total. The third-order valence-electron chi connectivity index (χ3n) is 5.32. The van der Waals surface area contributed by atoms with Crippen LogP contribution >= 0.6 is 0 Å². The van der Waals surface area contributed by atoms with Crippen LogP contribution in [0.5, 0.6) is 0 Å². The average molecular weight is 272 g/mol. The van der Waals surface area contributed by atoms with Gasteiger partial charge in [0, 0.05) is 12.1 Å². The van der Waals surface area contributed by atoms with Gasteiger partial charge in [-0.3, -0.25) is 4.90 Å². The van der Waals surface area contributed by atoms with Crippen LogP contribution in [-0.2, 0) is 6.42 Å². The molecular formula is C18H28N2. The van der Waals surface area contributed by atoms with Crippen molar-refractivity contribution >= 4 is 0 Å². The Morgan fingerprint density at radius 1 is 1.15 bits per heavy atom. The fraction of sp³-hybridized carbons (Fsp3) is 0.667. The molecule has 2 atom stereocenters. The van der Waals surface area contributed by atoms with Gasteiger partial charge >= 0.3 is 0 Å². The van der Waals surface area contributed by atoms with Crippen molar-refractivity contribution in [2.24, 2.45) is 5.92 Å². The fourth-order valence-electron chi connectivity index (χ4n) is 4.07. The van der Waals surface area contributed by atoms with Crippen molar-refractivity contribution in [3.8, 4) is 0 Å². The summed E-state index contributed by atoms with van der Waals surface area (Å²) in [5.74, 6) is 0.965. The molecule has 2 heteroatoms. The number of rotatable bonds is 4. The summed E-state index contributed by atoms with van der Waals surface area (Å²) in [5, 5.41) is 3.73. The Bertz CT molecular complexity index is 435. The topological polar surface area (TPSA) is 15.3 Å². The molecule has 2 nitrogen and oxygen atoms in total. The van der Waals surface area contributed by atoms with Gasteiger partial charge in [-0.25, -0.2) is 0 Å². The molecule has 1 aromatic carbocycles. The average Bonchev–Trinajstić information content (AvgIpc) is 2.87. The summed E-state index contributed by atoms with van der Waals surface area (Å²) in [7, 11) is 0. The molecule has 110 valence electrons. The summed E-state index contributed by atoms with van der Waals surface area (Å²) in [6.07, 6.45) is 5.37. The number of hydrogen-bond donors (Lipinski definition) is 1. The zero-order valence-corrected chi connectivity index (χ0v) is 12.9. The van der Waals surface area contributed by atoms with Crippen molar-refractivity contribution < 1.29 is 0 Å². The van der Waals surface area contributed by atoms with E-state index in [1.807, 2.05) is 0 Å². The van der Waals surface area contributed by atoms with Crippen molar-refractivity contribution in [3.05, 3.63) is 35.4 Å². The summed E-state index contributed by atoms with van der Waals surface area (Å²) in [5.41, 5.74) is 3.10. The second-order valence-electron chi connectivity index (χ2n) is 6.39. The summed E-state index contributed by atoms with van der Waals surface area (Å²) in [6.45, 7) is 8.20. The maximum Gasteiger partial charge on any atom is 0.0484 e. The number of benzene rings is 1. The molecule has 2 unspecified atom stereocenters. The minimum atomic E-state index is 0.536. The van der Waals surface area contributed by atoms with Gasteiger partial charge in [-0.05, 0) is 55.9 Å². The first-order valence-electron chi connectivity index (χ1n) is 8.38. The lowest BCUT2D eigenvalue weighted by Crippen LogP contribution is -2.46. The highest BCUT2D eigenvalue weighted by molar-refractivity contribution is 5.37. The fourth-order valence-corrected chi connectivity index (χ4v) is 4.07. The summed E-state index contributed by atoms with van der Waals surface area (Å²) < 4.78 is 0. The van der Waals surface area contributed by atoms with Gasteiger partial charge in [0.15, 0.2) is 0 Å². The van der Waals surface area contributed by atoms with E-state index in [1.165, 1.54) is 44.3 Å². The van der Waals surface area contributed by atoms with Gasteiger partial charge in [0.2, 0.25) is 0 Å². The maximum absolute atomic E-state index is 3.73. The first-order valence-corrected chi connectivity index (χ1v) is 8.38. The van der Waals surface area contributed by atoms with E-state index in [4.69, 9.17) is 0 Å². The predicted octanol–water partition coefficient (Wildman–Crippen LogP) is 3.38. The molecule has 1 heterocycles. The Kier molecular flexibility index (Phi) is 4.42. The summed E-state index contributed by atoms with van der Waals surface area (Å²) in [4.78, 5) is 2.75. The van der Waals surface area contributed by atoms with Crippen LogP contribution in [-0.4, -0.2) is 30.6 Å². The standard InChI is InChI=1S/C18H28N2/c1-3-14-9-11-20(12-10-14)17-13-15-7-5-6-8-16(15)18(17)19-4-2/h5-8,14,17-19H,3-4,9-13H2,1-2H3. The number of likely N-dealkylation sites (tertiary alicyclic amines) is 1. The van der Waals surface area contributed by atoms with Gasteiger partial charge in [-0.15, -0.1) is 0 Å². The monoisotopic (exact) mass is 272 g/mol. The lowest BCUT2D eigenvalue weighted by molar-refractivity contribution is 0.112. The Morgan fingerprint density at radius 3 is 2.60 bits per heavy atom. The van der Waals surface area contributed by atoms with Crippen LogP contribution in [0.15, 0.2) is 24.3 Å². The highest BCUT2D eigenvalue weighted by Crippen LogP contribution is 2.36. The molecule has 0 amide bonds. The van der Waals surface area contributed by atoms with E-state index in [0.717, 1.165) is 12.5 Å². The number of hydrogen-bond acceptors (Lipinski definition) is 2. The van der Waals surface area contributed by atoms with E-state index < -0.39 is 0 Å². The van der Waals surface area contributed by atoms with Crippen LogP contribution in [0.4, 0.5) is 0 Å². The predicted molar refractivity (Wildman–Crippen MR) is 84.9 cm³/mol. The first kappa shape index (κ1) is 14.1. The van der Waals surface area contributed by atoms with E-state index in [9.17, 15) is 0 Å². The number of piperidine rings is 1. The second kappa shape index (κ2) is 6.28. The molecule has 0 aromatic heterocycles. The highest BCUT2D eigenvalue weighted by Gasteiger charge is 2.36. The molecule has 0 radical (unpaired) electrons. The normalized spacial score (nSPS) is 27.7. The van der Waals surface area contributed by atoms with Crippen molar-refractivity contribution in [1.29, 1.82) is 0 Å². The van der Waals surface area contributed by atoms with Crippen LogP contribution in [0.3, 0.4) is 0 Å². The summed E-state index contributed by atoms with van der Waals surface area (Å²) in [6, 6.07) is 10.2. The van der Waals surface area contributed by atoms with Gasteiger partial charge in [0.05, 0.1) is 0 Å². The molecule has 1 saturated heterocycles. The molecule has 1 aliphatic heterocycles. The SMILES string of the molecule is CCNC1c2ccccc2CC1N1CCC(CC)CC1. The van der Waals surface area contributed by atoms with Crippen LogP contribution in [0.2, 0.25) is 0 Å². The van der Waals surface area contributed by atoms with Crippen molar-refractivity contribution in [2.75, 3.05) is 19.6 Å². The molecule has 1 aliphatic carbocycles. The van der Waals surface area contributed by atoms with Crippen LogP contribution < -0.4 is 5.32 Å². The lowest BCUT2D eigenvalue weighted by atomic mass is 9.92. The smallest absolute Gasteiger partial charge is 0.0484 e. The Hall–Kier alpha value is -0.860. The van der Waals surface area contributed by atoms with Gasteiger partial charge in [-0.2, -0.15) is 0 Å². The van der Waals surface area contributed by atoms with E-state index in [-0.39, 0.29) is 0 Å². The summed E-state index contributed by atoms with van der Waals surface area (Å²) >= 11 is 0. The Balaban J connectivity index is 1.74. The van der Waals surface area contributed by atoms with E-state index in [0.29, 0.717) is 12.1 Å². The van der Waals surface area contributed by atoms with E-state index in [2.05, 4.69) is 48.3 Å². The zero-order valence-electron chi connectivity index (χ0n) is 12.9. The minimum absolute atomic E-state index is 0.536.